The summed E-state index contributed by atoms with van der Waals surface area (Å²) in [6.45, 7) is 5.29. The zero-order valence-electron chi connectivity index (χ0n) is 13.5. The summed E-state index contributed by atoms with van der Waals surface area (Å²) in [5, 5.41) is 2.59. The average molecular weight is 321 g/mol. The lowest BCUT2D eigenvalue weighted by Gasteiger charge is -2.20. The number of carbonyl (C=O) groups is 3. The lowest BCUT2D eigenvalue weighted by Crippen LogP contribution is -2.27. The van der Waals surface area contributed by atoms with Crippen molar-refractivity contribution in [2.75, 3.05) is 12.4 Å². The molecule has 1 heterocycles. The van der Waals surface area contributed by atoms with Crippen molar-refractivity contribution in [3.8, 4) is 5.75 Å². The molecule has 2 rings (SSSR count). The first kappa shape index (κ1) is 16.8. The van der Waals surface area contributed by atoms with Crippen molar-refractivity contribution in [2.24, 2.45) is 0 Å². The van der Waals surface area contributed by atoms with Crippen molar-refractivity contribution in [1.29, 1.82) is 0 Å². The minimum atomic E-state index is -0.687. The van der Waals surface area contributed by atoms with Crippen LogP contribution in [0.5, 0.6) is 5.75 Å². The van der Waals surface area contributed by atoms with E-state index in [-0.39, 0.29) is 6.42 Å². The molecule has 1 saturated heterocycles. The summed E-state index contributed by atoms with van der Waals surface area (Å²) < 4.78 is 15.0. The van der Waals surface area contributed by atoms with Gasteiger partial charge in [0.2, 0.25) is 0 Å². The van der Waals surface area contributed by atoms with Crippen LogP contribution in [0.4, 0.5) is 10.5 Å². The van der Waals surface area contributed by atoms with Crippen LogP contribution >= 0.6 is 0 Å². The Kier molecular flexibility index (Phi) is 4.58. The number of carbonyl (C=O) groups excluding carboxylic acids is 3. The highest BCUT2D eigenvalue weighted by Crippen LogP contribution is 2.35. The fourth-order valence-corrected chi connectivity index (χ4v) is 2.21. The Morgan fingerprint density at radius 3 is 2.52 bits per heavy atom. The van der Waals surface area contributed by atoms with Crippen LogP contribution in [-0.4, -0.2) is 30.7 Å². The second-order valence-corrected chi connectivity index (χ2v) is 6.13. The number of anilines is 1. The SMILES string of the molecule is COc1cc(NC(=O)OC(C)(C)C)ccc1C1CC(=O)OC1=O. The van der Waals surface area contributed by atoms with Crippen molar-refractivity contribution in [2.45, 2.75) is 38.7 Å². The number of amides is 1. The molecule has 1 unspecified atom stereocenters. The minimum absolute atomic E-state index is 0.0198. The highest BCUT2D eigenvalue weighted by molar-refractivity contribution is 5.98. The number of esters is 2. The van der Waals surface area contributed by atoms with E-state index < -0.39 is 29.6 Å². The minimum Gasteiger partial charge on any atom is -0.496 e. The molecule has 124 valence electrons. The van der Waals surface area contributed by atoms with Crippen molar-refractivity contribution >= 4 is 23.7 Å². The number of cyclic esters (lactones) is 2. The summed E-state index contributed by atoms with van der Waals surface area (Å²) >= 11 is 0. The lowest BCUT2D eigenvalue weighted by atomic mass is 9.96. The number of ether oxygens (including phenoxy) is 3. The van der Waals surface area contributed by atoms with Gasteiger partial charge < -0.3 is 14.2 Å². The van der Waals surface area contributed by atoms with E-state index in [0.29, 0.717) is 17.0 Å². The van der Waals surface area contributed by atoms with E-state index in [0.717, 1.165) is 0 Å². The maximum Gasteiger partial charge on any atom is 0.412 e. The molecular formula is C16H19NO6. The third-order valence-electron chi connectivity index (χ3n) is 3.12. The summed E-state index contributed by atoms with van der Waals surface area (Å²) in [4.78, 5) is 34.7. The zero-order chi connectivity index (χ0) is 17.2. The van der Waals surface area contributed by atoms with E-state index in [1.165, 1.54) is 7.11 Å². The molecule has 1 aliphatic rings. The van der Waals surface area contributed by atoms with Crippen molar-refractivity contribution in [1.82, 2.24) is 0 Å². The molecule has 0 saturated carbocycles. The molecule has 1 N–H and O–H groups in total. The smallest absolute Gasteiger partial charge is 0.412 e. The summed E-state index contributed by atoms with van der Waals surface area (Å²) in [6.07, 6.45) is -0.614. The molecule has 7 heteroatoms. The van der Waals surface area contributed by atoms with Gasteiger partial charge in [-0.2, -0.15) is 0 Å². The normalized spacial score (nSPS) is 17.7. The Morgan fingerprint density at radius 2 is 2.00 bits per heavy atom. The van der Waals surface area contributed by atoms with Crippen LogP contribution in [0.2, 0.25) is 0 Å². The monoisotopic (exact) mass is 321 g/mol. The van der Waals surface area contributed by atoms with E-state index in [1.807, 2.05) is 0 Å². The van der Waals surface area contributed by atoms with Gasteiger partial charge >= 0.3 is 18.0 Å². The van der Waals surface area contributed by atoms with Crippen LogP contribution in [0.25, 0.3) is 0 Å². The van der Waals surface area contributed by atoms with E-state index >= 15 is 0 Å². The van der Waals surface area contributed by atoms with E-state index in [9.17, 15) is 14.4 Å². The van der Waals surface area contributed by atoms with Crippen molar-refractivity contribution in [3.63, 3.8) is 0 Å². The first-order chi connectivity index (χ1) is 10.7. The Bertz CT molecular complexity index is 646. The van der Waals surface area contributed by atoms with E-state index in [1.54, 1.807) is 39.0 Å². The van der Waals surface area contributed by atoms with E-state index in [4.69, 9.17) is 9.47 Å². The van der Waals surface area contributed by atoms with Crippen LogP contribution in [-0.2, 0) is 19.1 Å². The van der Waals surface area contributed by atoms with Gasteiger partial charge in [-0.3, -0.25) is 14.9 Å². The van der Waals surface area contributed by atoms with Crippen molar-refractivity contribution < 1.29 is 28.6 Å². The van der Waals surface area contributed by atoms with Gasteiger partial charge in [0.25, 0.3) is 0 Å². The Balaban J connectivity index is 2.18. The van der Waals surface area contributed by atoms with Crippen LogP contribution < -0.4 is 10.1 Å². The Hall–Kier alpha value is -2.57. The highest BCUT2D eigenvalue weighted by atomic mass is 16.6. The van der Waals surface area contributed by atoms with E-state index in [2.05, 4.69) is 10.1 Å². The van der Waals surface area contributed by atoms with Gasteiger partial charge in [-0.15, -0.1) is 0 Å². The number of rotatable bonds is 3. The number of nitrogens with one attached hydrogen (secondary N) is 1. The van der Waals surface area contributed by atoms with Crippen LogP contribution in [0, 0.1) is 0 Å². The molecule has 1 aromatic carbocycles. The molecule has 0 aliphatic carbocycles. The molecular weight excluding hydrogens is 302 g/mol. The van der Waals surface area contributed by atoms with Gasteiger partial charge in [-0.25, -0.2) is 4.79 Å². The Labute approximate surface area is 133 Å². The third kappa shape index (κ3) is 4.21. The standard InChI is InChI=1S/C16H19NO6/c1-16(2,3)23-15(20)17-9-5-6-10(12(7-9)21-4)11-8-13(18)22-14(11)19/h5-7,11H,8H2,1-4H3,(H,17,20). The summed E-state index contributed by atoms with van der Waals surface area (Å²) in [5.74, 6) is -1.46. The maximum atomic E-state index is 11.8. The largest absolute Gasteiger partial charge is 0.496 e. The summed E-state index contributed by atoms with van der Waals surface area (Å²) in [5.41, 5.74) is 0.387. The fraction of sp³-hybridized carbons (Fsp3) is 0.438. The second kappa shape index (κ2) is 6.28. The topological polar surface area (TPSA) is 90.9 Å². The molecule has 0 spiro atoms. The molecule has 1 atom stereocenters. The second-order valence-electron chi connectivity index (χ2n) is 6.13. The van der Waals surface area contributed by atoms with Gasteiger partial charge in [-0.05, 0) is 26.8 Å². The van der Waals surface area contributed by atoms with Gasteiger partial charge in [0.15, 0.2) is 0 Å². The van der Waals surface area contributed by atoms with Crippen LogP contribution in [0.15, 0.2) is 18.2 Å². The zero-order valence-corrected chi connectivity index (χ0v) is 13.5. The molecule has 1 fully saturated rings. The van der Waals surface area contributed by atoms with Gasteiger partial charge in [0, 0.05) is 17.3 Å². The number of hydrogen-bond donors (Lipinski definition) is 1. The average Bonchev–Trinajstić information content (AvgIpc) is 2.75. The third-order valence-corrected chi connectivity index (χ3v) is 3.12. The van der Waals surface area contributed by atoms with Crippen LogP contribution in [0.1, 0.15) is 38.7 Å². The Morgan fingerprint density at radius 1 is 1.30 bits per heavy atom. The highest BCUT2D eigenvalue weighted by Gasteiger charge is 2.36. The molecule has 0 bridgehead atoms. The molecule has 1 aromatic rings. The summed E-state index contributed by atoms with van der Waals surface area (Å²) in [6, 6.07) is 4.79. The first-order valence-corrected chi connectivity index (χ1v) is 7.12. The fourth-order valence-electron chi connectivity index (χ4n) is 2.21. The molecule has 23 heavy (non-hydrogen) atoms. The quantitative estimate of drug-likeness (QED) is 0.679. The predicted molar refractivity (Wildman–Crippen MR) is 81.3 cm³/mol. The molecule has 1 amide bonds. The molecule has 7 nitrogen and oxygen atoms in total. The van der Waals surface area contributed by atoms with Gasteiger partial charge in [0.05, 0.1) is 19.4 Å². The molecule has 1 aliphatic heterocycles. The lowest BCUT2D eigenvalue weighted by molar-refractivity contribution is -0.152. The van der Waals surface area contributed by atoms with Gasteiger partial charge in [-0.1, -0.05) is 6.07 Å². The number of hydrogen-bond acceptors (Lipinski definition) is 6. The maximum absolute atomic E-state index is 11.8. The van der Waals surface area contributed by atoms with Crippen LogP contribution in [0.3, 0.4) is 0 Å². The van der Waals surface area contributed by atoms with Crippen molar-refractivity contribution in [3.05, 3.63) is 23.8 Å². The molecule has 0 radical (unpaired) electrons. The first-order valence-electron chi connectivity index (χ1n) is 7.12. The predicted octanol–water partition coefficient (Wildman–Crippen LogP) is 2.60. The van der Waals surface area contributed by atoms with Gasteiger partial charge in [0.1, 0.15) is 11.4 Å². The summed E-state index contributed by atoms with van der Waals surface area (Å²) in [7, 11) is 1.44. The number of methoxy groups -OCH3 is 1. The molecule has 0 aromatic heterocycles. The number of benzene rings is 1.